The Morgan fingerprint density at radius 3 is 2.17 bits per heavy atom. The summed E-state index contributed by atoms with van der Waals surface area (Å²) in [5, 5.41) is 35.3. The normalized spacial score (nSPS) is 14.3. The Kier molecular flexibility index (Phi) is 8.27. The predicted molar refractivity (Wildman–Crippen MR) is 60.5 cm³/mol. The first-order valence-electron chi connectivity index (χ1n) is 5.76. The maximum absolute atomic E-state index is 11.2. The van der Waals surface area contributed by atoms with Crippen LogP contribution in [0.25, 0.3) is 0 Å². The first-order valence-corrected chi connectivity index (χ1v) is 5.76. The van der Waals surface area contributed by atoms with Gasteiger partial charge >= 0.3 is 11.9 Å². The third-order valence-corrected chi connectivity index (χ3v) is 2.51. The molecule has 0 heterocycles. The zero-order valence-electron chi connectivity index (χ0n) is 10.3. The molecule has 0 aliphatic carbocycles. The van der Waals surface area contributed by atoms with Crippen molar-refractivity contribution in [3.05, 3.63) is 0 Å². The molecule has 7 heteroatoms. The lowest BCUT2D eigenvalue weighted by molar-refractivity contribution is -0.155. The quantitative estimate of drug-likeness (QED) is 0.251. The van der Waals surface area contributed by atoms with Gasteiger partial charge < -0.3 is 25.2 Å². The molecule has 7 nitrogen and oxygen atoms in total. The lowest BCUT2D eigenvalue weighted by Gasteiger charge is -2.19. The summed E-state index contributed by atoms with van der Waals surface area (Å²) in [4.78, 5) is 21.4. The van der Waals surface area contributed by atoms with Crippen molar-refractivity contribution >= 4 is 11.9 Å². The monoisotopic (exact) mass is 264 g/mol. The number of carboxylic acids is 1. The van der Waals surface area contributed by atoms with E-state index in [-0.39, 0.29) is 19.4 Å². The Bertz CT molecular complexity index is 264. The average molecular weight is 264 g/mol. The molecule has 0 aliphatic heterocycles. The fraction of sp³-hybridized carbons (Fsp3) is 0.818. The summed E-state index contributed by atoms with van der Waals surface area (Å²) in [7, 11) is 0. The van der Waals surface area contributed by atoms with Crippen LogP contribution in [0, 0.1) is 5.92 Å². The number of aliphatic hydroxyl groups excluding tert-OH is 2. The number of carbonyl (C=O) groups is 2. The maximum atomic E-state index is 11.2. The summed E-state index contributed by atoms with van der Waals surface area (Å²) >= 11 is 0. The molecule has 0 saturated carbocycles. The van der Waals surface area contributed by atoms with E-state index in [2.05, 4.69) is 0 Å². The van der Waals surface area contributed by atoms with E-state index in [0.29, 0.717) is 12.8 Å². The number of ether oxygens (including phenoxy) is 1. The smallest absolute Gasteiger partial charge is 0.305 e. The Balaban J connectivity index is 3.67. The minimum atomic E-state index is -1.67. The molecular formula is C11H20O7. The van der Waals surface area contributed by atoms with Gasteiger partial charge in [-0.2, -0.15) is 0 Å². The van der Waals surface area contributed by atoms with Crippen LogP contribution in [0.1, 0.15) is 32.6 Å². The Hall–Kier alpha value is -1.18. The zero-order chi connectivity index (χ0) is 14.1. The van der Waals surface area contributed by atoms with Crippen LogP contribution in [-0.2, 0) is 14.3 Å². The van der Waals surface area contributed by atoms with Crippen LogP contribution in [0.2, 0.25) is 0 Å². The summed E-state index contributed by atoms with van der Waals surface area (Å²) in [6.45, 7) is 1.10. The van der Waals surface area contributed by atoms with Gasteiger partial charge in [-0.1, -0.05) is 6.92 Å². The topological polar surface area (TPSA) is 124 Å². The highest BCUT2D eigenvalue weighted by Gasteiger charge is 2.21. The zero-order valence-corrected chi connectivity index (χ0v) is 10.3. The van der Waals surface area contributed by atoms with E-state index in [1.54, 1.807) is 0 Å². The minimum Gasteiger partial charge on any atom is -0.481 e. The SMILES string of the molecule is CC(C(O)O)C(O)COC(=O)CCCCC(=O)O. The van der Waals surface area contributed by atoms with Crippen molar-refractivity contribution in [1.82, 2.24) is 0 Å². The van der Waals surface area contributed by atoms with Gasteiger partial charge in [-0.25, -0.2) is 0 Å². The molecule has 2 atom stereocenters. The van der Waals surface area contributed by atoms with Crippen molar-refractivity contribution in [2.45, 2.75) is 45.0 Å². The minimum absolute atomic E-state index is 0.00361. The molecule has 0 rings (SSSR count). The van der Waals surface area contributed by atoms with Crippen molar-refractivity contribution in [3.63, 3.8) is 0 Å². The number of unbranched alkanes of at least 4 members (excludes halogenated alkanes) is 1. The van der Waals surface area contributed by atoms with Gasteiger partial charge in [-0.3, -0.25) is 9.59 Å². The highest BCUT2D eigenvalue weighted by molar-refractivity contribution is 5.69. The maximum Gasteiger partial charge on any atom is 0.305 e. The Labute approximate surface area is 105 Å². The van der Waals surface area contributed by atoms with E-state index in [1.807, 2.05) is 0 Å². The molecule has 0 aliphatic rings. The third kappa shape index (κ3) is 7.99. The number of aliphatic hydroxyl groups is 3. The summed E-state index contributed by atoms with van der Waals surface area (Å²) in [6.07, 6.45) is -1.94. The lowest BCUT2D eigenvalue weighted by atomic mass is 10.1. The van der Waals surface area contributed by atoms with Crippen LogP contribution >= 0.6 is 0 Å². The van der Waals surface area contributed by atoms with Gasteiger partial charge in [-0.05, 0) is 12.8 Å². The van der Waals surface area contributed by atoms with Crippen molar-refractivity contribution < 1.29 is 34.8 Å². The van der Waals surface area contributed by atoms with E-state index in [9.17, 15) is 14.7 Å². The van der Waals surface area contributed by atoms with Gasteiger partial charge in [-0.15, -0.1) is 0 Å². The lowest BCUT2D eigenvalue weighted by Crippen LogP contribution is -2.33. The van der Waals surface area contributed by atoms with Gasteiger partial charge in [0.15, 0.2) is 6.29 Å². The summed E-state index contributed by atoms with van der Waals surface area (Å²) in [6, 6.07) is 0. The molecule has 0 amide bonds. The van der Waals surface area contributed by atoms with Crippen LogP contribution < -0.4 is 0 Å². The number of hydrogen-bond donors (Lipinski definition) is 4. The number of aliphatic carboxylic acids is 1. The van der Waals surface area contributed by atoms with Gasteiger partial charge in [0.1, 0.15) is 6.61 Å². The van der Waals surface area contributed by atoms with Crippen LogP contribution in [0.3, 0.4) is 0 Å². The molecule has 0 spiro atoms. The van der Waals surface area contributed by atoms with Gasteiger partial charge in [0.25, 0.3) is 0 Å². The van der Waals surface area contributed by atoms with Gasteiger partial charge in [0, 0.05) is 18.8 Å². The largest absolute Gasteiger partial charge is 0.481 e. The fourth-order valence-corrected chi connectivity index (χ4v) is 1.15. The van der Waals surface area contributed by atoms with E-state index < -0.39 is 30.3 Å². The number of hydrogen-bond acceptors (Lipinski definition) is 6. The van der Waals surface area contributed by atoms with Gasteiger partial charge in [0.2, 0.25) is 0 Å². The molecule has 4 N–H and O–H groups in total. The molecule has 18 heavy (non-hydrogen) atoms. The van der Waals surface area contributed by atoms with Crippen molar-refractivity contribution in [3.8, 4) is 0 Å². The number of rotatable bonds is 9. The second kappa shape index (κ2) is 8.84. The van der Waals surface area contributed by atoms with Crippen LogP contribution in [0.4, 0.5) is 0 Å². The average Bonchev–Trinajstić information content (AvgIpc) is 2.30. The van der Waals surface area contributed by atoms with Crippen molar-refractivity contribution in [2.24, 2.45) is 5.92 Å². The molecule has 0 radical (unpaired) electrons. The Morgan fingerprint density at radius 2 is 1.67 bits per heavy atom. The molecule has 0 saturated heterocycles. The first-order chi connectivity index (χ1) is 8.34. The Morgan fingerprint density at radius 1 is 1.11 bits per heavy atom. The molecule has 0 aromatic rings. The molecule has 2 unspecified atom stereocenters. The molecule has 0 aromatic heterocycles. The summed E-state index contributed by atoms with van der Waals surface area (Å²) < 4.78 is 4.72. The van der Waals surface area contributed by atoms with Crippen LogP contribution in [-0.4, -0.2) is 51.4 Å². The summed E-state index contributed by atoms with van der Waals surface area (Å²) in [5.41, 5.74) is 0. The molecule has 0 fully saturated rings. The third-order valence-electron chi connectivity index (χ3n) is 2.51. The van der Waals surface area contributed by atoms with Crippen molar-refractivity contribution in [1.29, 1.82) is 0 Å². The van der Waals surface area contributed by atoms with Gasteiger partial charge in [0.05, 0.1) is 6.10 Å². The predicted octanol–water partition coefficient (Wildman–Crippen LogP) is -0.518. The number of carbonyl (C=O) groups excluding carboxylic acids is 1. The van der Waals surface area contributed by atoms with Crippen molar-refractivity contribution in [2.75, 3.05) is 6.61 Å². The number of esters is 1. The van der Waals surface area contributed by atoms with E-state index >= 15 is 0 Å². The molecule has 106 valence electrons. The van der Waals surface area contributed by atoms with E-state index in [4.69, 9.17) is 20.1 Å². The van der Waals surface area contributed by atoms with E-state index in [1.165, 1.54) is 6.92 Å². The summed E-state index contributed by atoms with van der Waals surface area (Å²) in [5.74, 6) is -2.27. The second-order valence-corrected chi connectivity index (χ2v) is 4.12. The highest BCUT2D eigenvalue weighted by atomic mass is 16.5. The molecule has 0 aromatic carbocycles. The highest BCUT2D eigenvalue weighted by Crippen LogP contribution is 2.08. The molecule has 0 bridgehead atoms. The fourth-order valence-electron chi connectivity index (χ4n) is 1.15. The van der Waals surface area contributed by atoms with Crippen LogP contribution in [0.15, 0.2) is 0 Å². The van der Waals surface area contributed by atoms with Crippen LogP contribution in [0.5, 0.6) is 0 Å². The second-order valence-electron chi connectivity index (χ2n) is 4.12. The first kappa shape index (κ1) is 16.8. The van der Waals surface area contributed by atoms with E-state index in [0.717, 1.165) is 0 Å². The molecular weight excluding hydrogens is 244 g/mol. The standard InChI is InChI=1S/C11H20O7/c1-7(11(16)17)8(12)6-18-10(15)5-3-2-4-9(13)14/h7-8,11-12,16-17H,2-6H2,1H3,(H,13,14). The number of carboxylic acid groups (broad SMARTS) is 1.